The predicted octanol–water partition coefficient (Wildman–Crippen LogP) is 0.943. The first-order valence-corrected chi connectivity index (χ1v) is 6.53. The molecule has 1 aliphatic carbocycles. The molecule has 0 aliphatic heterocycles. The predicted molar refractivity (Wildman–Crippen MR) is 52.9 cm³/mol. The van der Waals surface area contributed by atoms with Crippen LogP contribution in [0.25, 0.3) is 0 Å². The normalized spacial score (nSPS) is 28.0. The molecule has 1 saturated carbocycles. The lowest BCUT2D eigenvalue weighted by molar-refractivity contribution is -0.0452. The van der Waals surface area contributed by atoms with Crippen molar-refractivity contribution < 1.29 is 21.6 Å². The summed E-state index contributed by atoms with van der Waals surface area (Å²) < 4.78 is 59.5. The molecule has 96 valence electrons. The topological polar surface area (TPSA) is 72.2 Å². The summed E-state index contributed by atoms with van der Waals surface area (Å²) in [5.74, 6) is 0.298. The van der Waals surface area contributed by atoms with Crippen molar-refractivity contribution in [2.75, 3.05) is 6.54 Å². The number of hydrogen-bond acceptors (Lipinski definition) is 3. The molecule has 0 saturated heterocycles. The summed E-state index contributed by atoms with van der Waals surface area (Å²) >= 11 is 0. The van der Waals surface area contributed by atoms with Crippen molar-refractivity contribution in [3.63, 3.8) is 0 Å². The van der Waals surface area contributed by atoms with Gasteiger partial charge in [0.2, 0.25) is 0 Å². The van der Waals surface area contributed by atoms with Crippen LogP contribution in [0.2, 0.25) is 0 Å². The molecule has 16 heavy (non-hydrogen) atoms. The summed E-state index contributed by atoms with van der Waals surface area (Å²) in [5.41, 5.74) is 0.202. The number of sulfonamides is 1. The van der Waals surface area contributed by atoms with Gasteiger partial charge in [-0.2, -0.15) is 13.2 Å². The largest absolute Gasteiger partial charge is 0.511 e. The van der Waals surface area contributed by atoms with Gasteiger partial charge in [-0.05, 0) is 38.1 Å². The van der Waals surface area contributed by atoms with Crippen LogP contribution in [-0.2, 0) is 10.0 Å². The van der Waals surface area contributed by atoms with Crippen LogP contribution in [0.4, 0.5) is 13.2 Å². The molecule has 1 fully saturated rings. The van der Waals surface area contributed by atoms with Crippen molar-refractivity contribution in [1.29, 1.82) is 0 Å². The Morgan fingerprint density at radius 1 is 1.19 bits per heavy atom. The van der Waals surface area contributed by atoms with Crippen molar-refractivity contribution in [2.45, 2.75) is 37.2 Å². The van der Waals surface area contributed by atoms with E-state index < -0.39 is 21.6 Å². The van der Waals surface area contributed by atoms with E-state index in [0.29, 0.717) is 38.1 Å². The molecule has 0 amide bonds. The molecule has 0 unspecified atom stereocenters. The number of nitrogens with two attached hydrogens (primary N) is 1. The average Bonchev–Trinajstić information content (AvgIpc) is 2.16. The fourth-order valence-corrected chi connectivity index (χ4v) is 2.61. The number of rotatable bonds is 3. The van der Waals surface area contributed by atoms with E-state index in [2.05, 4.69) is 0 Å². The molecular weight excluding hydrogens is 245 g/mol. The zero-order chi connectivity index (χ0) is 12.4. The first-order chi connectivity index (χ1) is 7.26. The zero-order valence-electron chi connectivity index (χ0n) is 8.63. The molecule has 0 heterocycles. The van der Waals surface area contributed by atoms with Gasteiger partial charge < -0.3 is 5.73 Å². The van der Waals surface area contributed by atoms with Gasteiger partial charge in [-0.1, -0.05) is 0 Å². The molecule has 4 nitrogen and oxygen atoms in total. The third-order valence-corrected chi connectivity index (χ3v) is 4.06. The lowest BCUT2D eigenvalue weighted by atomic mass is 9.87. The Morgan fingerprint density at radius 2 is 1.69 bits per heavy atom. The van der Waals surface area contributed by atoms with E-state index >= 15 is 0 Å². The van der Waals surface area contributed by atoms with Gasteiger partial charge in [0.15, 0.2) is 0 Å². The maximum Gasteiger partial charge on any atom is 0.511 e. The highest BCUT2D eigenvalue weighted by Crippen LogP contribution is 2.27. The molecule has 0 radical (unpaired) electrons. The van der Waals surface area contributed by atoms with Crippen LogP contribution in [0.5, 0.6) is 0 Å². The highest BCUT2D eigenvalue weighted by atomic mass is 32.2. The van der Waals surface area contributed by atoms with E-state index in [1.165, 1.54) is 0 Å². The Kier molecular flexibility index (Phi) is 4.19. The summed E-state index contributed by atoms with van der Waals surface area (Å²) in [6.07, 6.45) is 2.16. The minimum Gasteiger partial charge on any atom is -0.330 e. The molecule has 3 N–H and O–H groups in total. The van der Waals surface area contributed by atoms with Crippen LogP contribution in [0.3, 0.4) is 0 Å². The third kappa shape index (κ3) is 3.33. The molecule has 1 aliphatic rings. The smallest absolute Gasteiger partial charge is 0.330 e. The quantitative estimate of drug-likeness (QED) is 0.793. The number of nitrogens with one attached hydrogen (secondary N) is 1. The van der Waals surface area contributed by atoms with Gasteiger partial charge in [0, 0.05) is 6.04 Å². The Balaban J connectivity index is 2.52. The lowest BCUT2D eigenvalue weighted by Crippen LogP contribution is -2.44. The Hall–Kier alpha value is -0.340. The zero-order valence-corrected chi connectivity index (χ0v) is 9.44. The van der Waals surface area contributed by atoms with Gasteiger partial charge >= 0.3 is 15.5 Å². The molecule has 8 heteroatoms. The van der Waals surface area contributed by atoms with Crippen LogP contribution in [-0.4, -0.2) is 26.5 Å². The van der Waals surface area contributed by atoms with Gasteiger partial charge in [-0.3, -0.25) is 0 Å². The Bertz CT molecular complexity index is 321. The fraction of sp³-hybridized carbons (Fsp3) is 1.00. The first-order valence-electron chi connectivity index (χ1n) is 5.05. The third-order valence-electron chi connectivity index (χ3n) is 2.81. The highest BCUT2D eigenvalue weighted by molar-refractivity contribution is 7.90. The molecular formula is C8H15F3N2O2S. The van der Waals surface area contributed by atoms with E-state index in [4.69, 9.17) is 5.73 Å². The van der Waals surface area contributed by atoms with Gasteiger partial charge in [-0.25, -0.2) is 13.1 Å². The molecule has 0 aromatic heterocycles. The molecule has 0 bridgehead atoms. The second-order valence-electron chi connectivity index (χ2n) is 4.02. The van der Waals surface area contributed by atoms with Crippen molar-refractivity contribution in [2.24, 2.45) is 11.7 Å². The van der Waals surface area contributed by atoms with Crippen LogP contribution in [0.15, 0.2) is 0 Å². The Morgan fingerprint density at radius 3 is 2.06 bits per heavy atom. The van der Waals surface area contributed by atoms with Crippen LogP contribution in [0, 0.1) is 5.92 Å². The average molecular weight is 260 g/mol. The van der Waals surface area contributed by atoms with Crippen LogP contribution in [0.1, 0.15) is 25.7 Å². The molecule has 0 spiro atoms. The maximum absolute atomic E-state index is 12.1. The first kappa shape index (κ1) is 13.7. The number of halogens is 3. The van der Waals surface area contributed by atoms with Crippen LogP contribution < -0.4 is 10.5 Å². The summed E-state index contributed by atoms with van der Waals surface area (Å²) in [5, 5.41) is 0. The van der Waals surface area contributed by atoms with E-state index in [9.17, 15) is 21.6 Å². The van der Waals surface area contributed by atoms with Crippen molar-refractivity contribution in [1.82, 2.24) is 4.72 Å². The lowest BCUT2D eigenvalue weighted by Gasteiger charge is -2.28. The standard InChI is InChI=1S/C8H15F3N2O2S/c9-8(10,11)16(14,15)13-7-3-1-6(5-12)2-4-7/h6-7,13H,1-5,12H2. The highest BCUT2D eigenvalue weighted by Gasteiger charge is 2.46. The van der Waals surface area contributed by atoms with Crippen molar-refractivity contribution >= 4 is 10.0 Å². The van der Waals surface area contributed by atoms with E-state index in [-0.39, 0.29) is 0 Å². The van der Waals surface area contributed by atoms with Gasteiger partial charge in [-0.15, -0.1) is 0 Å². The van der Waals surface area contributed by atoms with Gasteiger partial charge in [0.1, 0.15) is 0 Å². The van der Waals surface area contributed by atoms with Crippen LogP contribution >= 0.6 is 0 Å². The molecule has 0 atom stereocenters. The monoisotopic (exact) mass is 260 g/mol. The number of hydrogen-bond donors (Lipinski definition) is 2. The van der Waals surface area contributed by atoms with E-state index in [0.717, 1.165) is 0 Å². The maximum atomic E-state index is 12.1. The molecule has 0 aromatic carbocycles. The van der Waals surface area contributed by atoms with Gasteiger partial charge in [0.05, 0.1) is 0 Å². The van der Waals surface area contributed by atoms with E-state index in [1.807, 2.05) is 0 Å². The Labute approximate surface area is 92.4 Å². The second kappa shape index (κ2) is 4.89. The molecule has 0 aromatic rings. The number of alkyl halides is 3. The van der Waals surface area contributed by atoms with E-state index in [1.54, 1.807) is 4.72 Å². The van der Waals surface area contributed by atoms with Crippen molar-refractivity contribution in [3.05, 3.63) is 0 Å². The minimum absolute atomic E-state index is 0.298. The summed E-state index contributed by atoms with van der Waals surface area (Å²) in [6, 6.07) is -0.616. The summed E-state index contributed by atoms with van der Waals surface area (Å²) in [4.78, 5) is 0. The summed E-state index contributed by atoms with van der Waals surface area (Å²) in [7, 11) is -5.20. The van der Waals surface area contributed by atoms with Crippen molar-refractivity contribution in [3.8, 4) is 0 Å². The second-order valence-corrected chi connectivity index (χ2v) is 5.73. The SMILES string of the molecule is NCC1CCC(NS(=O)(=O)C(F)(F)F)CC1. The minimum atomic E-state index is -5.22. The summed E-state index contributed by atoms with van der Waals surface area (Å²) in [6.45, 7) is 0.499. The molecule has 1 rings (SSSR count). The van der Waals surface area contributed by atoms with Gasteiger partial charge in [0.25, 0.3) is 0 Å². The fourth-order valence-electron chi connectivity index (χ4n) is 1.80.